The zero-order chi connectivity index (χ0) is 22.7. The summed E-state index contributed by atoms with van der Waals surface area (Å²) in [5.41, 5.74) is 2.79. The van der Waals surface area contributed by atoms with Gasteiger partial charge in [0.1, 0.15) is 11.5 Å². The van der Waals surface area contributed by atoms with Crippen LogP contribution in [0.5, 0.6) is 5.75 Å². The van der Waals surface area contributed by atoms with Crippen molar-refractivity contribution in [1.82, 2.24) is 9.88 Å². The molecule has 0 atom stereocenters. The number of carbonyl (C=O) groups is 1. The molecule has 8 heteroatoms. The van der Waals surface area contributed by atoms with Gasteiger partial charge >= 0.3 is 0 Å². The van der Waals surface area contributed by atoms with E-state index in [2.05, 4.69) is 28.0 Å². The zero-order valence-electron chi connectivity index (χ0n) is 18.4. The first kappa shape index (κ1) is 22.2. The van der Waals surface area contributed by atoms with Crippen molar-refractivity contribution < 1.29 is 17.9 Å². The number of para-hydroxylation sites is 1. The van der Waals surface area contributed by atoms with Crippen LogP contribution in [0.2, 0.25) is 0 Å². The molecule has 170 valence electrons. The Hall–Kier alpha value is -3.00. The number of nitrogens with zero attached hydrogens (tertiary/aromatic N) is 1. The second kappa shape index (κ2) is 9.24. The highest BCUT2D eigenvalue weighted by atomic mass is 32.2. The lowest BCUT2D eigenvalue weighted by atomic mass is 9.89. The SMILES string of the molecule is CC(C)Oc1ccc(NS(=O)(=O)CC(=O)N2CCC(c3c[nH]c4ccccc34)CC2)cc1. The van der Waals surface area contributed by atoms with Crippen LogP contribution in [0.15, 0.2) is 54.7 Å². The minimum Gasteiger partial charge on any atom is -0.491 e. The maximum atomic E-state index is 12.7. The minimum atomic E-state index is -3.79. The largest absolute Gasteiger partial charge is 0.491 e. The Balaban J connectivity index is 1.32. The molecule has 32 heavy (non-hydrogen) atoms. The molecule has 1 aromatic heterocycles. The second-order valence-electron chi connectivity index (χ2n) is 8.50. The standard InChI is InChI=1S/C24H29N3O4S/c1-17(2)31-20-9-7-19(8-10-20)26-32(29,30)16-24(28)27-13-11-18(12-14-27)22-15-25-23-6-4-3-5-21(22)23/h3-10,15,17-18,25-26H,11-14,16H2,1-2H3. The molecular weight excluding hydrogens is 426 g/mol. The monoisotopic (exact) mass is 455 g/mol. The number of sulfonamides is 1. The summed E-state index contributed by atoms with van der Waals surface area (Å²) < 4.78 is 33.1. The number of piperidine rings is 1. The fourth-order valence-corrected chi connectivity index (χ4v) is 5.29. The molecule has 0 aliphatic carbocycles. The van der Waals surface area contributed by atoms with Crippen LogP contribution >= 0.6 is 0 Å². The van der Waals surface area contributed by atoms with Gasteiger partial charge in [0, 0.05) is 35.9 Å². The third-order valence-electron chi connectivity index (χ3n) is 5.72. The van der Waals surface area contributed by atoms with Crippen LogP contribution in [0.1, 0.15) is 38.2 Å². The number of nitrogens with one attached hydrogen (secondary N) is 2. The van der Waals surface area contributed by atoms with Gasteiger partial charge in [0.15, 0.2) is 0 Å². The third kappa shape index (κ3) is 5.24. The third-order valence-corrected chi connectivity index (χ3v) is 6.90. The van der Waals surface area contributed by atoms with Gasteiger partial charge in [0.05, 0.1) is 6.10 Å². The molecule has 1 amide bonds. The number of H-pyrrole nitrogens is 1. The average Bonchev–Trinajstić information content (AvgIpc) is 3.18. The quantitative estimate of drug-likeness (QED) is 0.561. The lowest BCUT2D eigenvalue weighted by Gasteiger charge is -2.32. The molecular formula is C24H29N3O4S. The van der Waals surface area contributed by atoms with E-state index < -0.39 is 15.8 Å². The molecule has 2 aromatic carbocycles. The Kier molecular flexibility index (Phi) is 6.41. The number of rotatable bonds is 7. The first-order valence-electron chi connectivity index (χ1n) is 10.9. The van der Waals surface area contributed by atoms with Crippen LogP contribution in [0.25, 0.3) is 10.9 Å². The average molecular weight is 456 g/mol. The lowest BCUT2D eigenvalue weighted by molar-refractivity contribution is -0.129. The number of hydrogen-bond acceptors (Lipinski definition) is 4. The van der Waals surface area contributed by atoms with Gasteiger partial charge in [-0.05, 0) is 68.5 Å². The van der Waals surface area contributed by atoms with Crippen LogP contribution in [0.3, 0.4) is 0 Å². The highest BCUT2D eigenvalue weighted by Gasteiger charge is 2.28. The molecule has 7 nitrogen and oxygen atoms in total. The normalized spacial score (nSPS) is 15.3. The molecule has 2 N–H and O–H groups in total. The number of amides is 1. The number of carbonyl (C=O) groups excluding carboxylic acids is 1. The molecule has 1 saturated heterocycles. The molecule has 3 aromatic rings. The highest BCUT2D eigenvalue weighted by molar-refractivity contribution is 7.93. The highest BCUT2D eigenvalue weighted by Crippen LogP contribution is 2.33. The number of ether oxygens (including phenoxy) is 1. The van der Waals surface area contributed by atoms with Crippen LogP contribution in [0, 0.1) is 0 Å². The molecule has 0 saturated carbocycles. The smallest absolute Gasteiger partial charge is 0.241 e. The van der Waals surface area contributed by atoms with Gasteiger partial charge in [-0.1, -0.05) is 18.2 Å². The maximum absolute atomic E-state index is 12.7. The summed E-state index contributed by atoms with van der Waals surface area (Å²) >= 11 is 0. The van der Waals surface area contributed by atoms with Crippen LogP contribution in [-0.4, -0.2) is 49.2 Å². The molecule has 0 spiro atoms. The Morgan fingerprint density at radius 1 is 1.12 bits per heavy atom. The van der Waals surface area contributed by atoms with E-state index in [4.69, 9.17) is 4.74 Å². The van der Waals surface area contributed by atoms with Gasteiger partial charge in [0.2, 0.25) is 15.9 Å². The topological polar surface area (TPSA) is 91.5 Å². The molecule has 1 aliphatic rings. The van der Waals surface area contributed by atoms with Crippen molar-refractivity contribution in [2.24, 2.45) is 0 Å². The van der Waals surface area contributed by atoms with E-state index in [1.807, 2.05) is 26.0 Å². The van der Waals surface area contributed by atoms with Crippen molar-refractivity contribution in [3.8, 4) is 5.75 Å². The van der Waals surface area contributed by atoms with Crippen molar-refractivity contribution >= 4 is 32.5 Å². The van der Waals surface area contributed by atoms with Gasteiger partial charge in [-0.2, -0.15) is 0 Å². The van der Waals surface area contributed by atoms with Crippen molar-refractivity contribution in [2.75, 3.05) is 23.6 Å². The molecule has 2 heterocycles. The van der Waals surface area contributed by atoms with E-state index in [0.717, 1.165) is 18.4 Å². The van der Waals surface area contributed by atoms with Crippen molar-refractivity contribution in [1.29, 1.82) is 0 Å². The van der Waals surface area contributed by atoms with E-state index in [0.29, 0.717) is 30.4 Å². The molecule has 1 aliphatic heterocycles. The number of aromatic nitrogens is 1. The Bertz CT molecular complexity index is 1180. The van der Waals surface area contributed by atoms with Gasteiger partial charge in [-0.25, -0.2) is 8.42 Å². The Morgan fingerprint density at radius 3 is 2.50 bits per heavy atom. The predicted octanol–water partition coefficient (Wildman–Crippen LogP) is 4.10. The number of likely N-dealkylation sites (tertiary alicyclic amines) is 1. The summed E-state index contributed by atoms with van der Waals surface area (Å²) in [6.07, 6.45) is 3.73. The Morgan fingerprint density at radius 2 is 1.81 bits per heavy atom. The summed E-state index contributed by atoms with van der Waals surface area (Å²) in [6.45, 7) is 4.95. The Labute approximate surface area is 188 Å². The summed E-state index contributed by atoms with van der Waals surface area (Å²) in [5, 5.41) is 1.22. The fraction of sp³-hybridized carbons (Fsp3) is 0.375. The van der Waals surface area contributed by atoms with Gasteiger partial charge in [-0.15, -0.1) is 0 Å². The summed E-state index contributed by atoms with van der Waals surface area (Å²) in [4.78, 5) is 17.6. The molecule has 0 unspecified atom stereocenters. The number of anilines is 1. The van der Waals surface area contributed by atoms with E-state index >= 15 is 0 Å². The first-order valence-corrected chi connectivity index (χ1v) is 12.6. The van der Waals surface area contributed by atoms with Gasteiger partial charge in [0.25, 0.3) is 0 Å². The van der Waals surface area contributed by atoms with Crippen molar-refractivity contribution in [3.05, 3.63) is 60.3 Å². The number of fused-ring (bicyclic) bond motifs is 1. The van der Waals surface area contributed by atoms with E-state index in [-0.39, 0.29) is 12.0 Å². The van der Waals surface area contributed by atoms with Crippen molar-refractivity contribution in [3.63, 3.8) is 0 Å². The van der Waals surface area contributed by atoms with E-state index in [1.165, 1.54) is 10.9 Å². The predicted molar refractivity (Wildman–Crippen MR) is 126 cm³/mol. The van der Waals surface area contributed by atoms with Gasteiger partial charge < -0.3 is 14.6 Å². The molecule has 0 bridgehead atoms. The van der Waals surface area contributed by atoms with Crippen LogP contribution in [-0.2, 0) is 14.8 Å². The second-order valence-corrected chi connectivity index (χ2v) is 10.2. The number of aromatic amines is 1. The maximum Gasteiger partial charge on any atom is 0.241 e. The fourth-order valence-electron chi connectivity index (χ4n) is 4.21. The number of hydrogen-bond donors (Lipinski definition) is 2. The first-order chi connectivity index (χ1) is 15.3. The van der Waals surface area contributed by atoms with Crippen LogP contribution in [0.4, 0.5) is 5.69 Å². The summed E-state index contributed by atoms with van der Waals surface area (Å²) in [6, 6.07) is 14.9. The molecule has 1 fully saturated rings. The van der Waals surface area contributed by atoms with Crippen molar-refractivity contribution in [2.45, 2.75) is 38.7 Å². The zero-order valence-corrected chi connectivity index (χ0v) is 19.2. The molecule has 4 rings (SSSR count). The summed E-state index contributed by atoms with van der Waals surface area (Å²) in [7, 11) is -3.79. The van der Waals surface area contributed by atoms with Gasteiger partial charge in [-0.3, -0.25) is 9.52 Å². The van der Waals surface area contributed by atoms with E-state index in [9.17, 15) is 13.2 Å². The van der Waals surface area contributed by atoms with Crippen LogP contribution < -0.4 is 9.46 Å². The van der Waals surface area contributed by atoms with E-state index in [1.54, 1.807) is 29.2 Å². The summed E-state index contributed by atoms with van der Waals surface area (Å²) in [5.74, 6) is 0.0953. The lowest BCUT2D eigenvalue weighted by Crippen LogP contribution is -2.41. The molecule has 0 radical (unpaired) electrons. The minimum absolute atomic E-state index is 0.0373. The number of benzene rings is 2.